The van der Waals surface area contributed by atoms with Crippen LogP contribution in [0.3, 0.4) is 0 Å². The van der Waals surface area contributed by atoms with Gasteiger partial charge in [0.1, 0.15) is 0 Å². The van der Waals surface area contributed by atoms with Gasteiger partial charge < -0.3 is 0 Å². The van der Waals surface area contributed by atoms with E-state index in [0.29, 0.717) is 0 Å². The van der Waals surface area contributed by atoms with Crippen LogP contribution in [0.1, 0.15) is 26.2 Å². The second kappa shape index (κ2) is 4.46. The number of hydrogen-bond donors (Lipinski definition) is 1. The van der Waals surface area contributed by atoms with Crippen LogP contribution in [0.5, 0.6) is 0 Å². The van der Waals surface area contributed by atoms with E-state index < -0.39 is 10.0 Å². The summed E-state index contributed by atoms with van der Waals surface area (Å²) in [7, 11) is -3.39. The van der Waals surface area contributed by atoms with Crippen LogP contribution in [0.4, 0.5) is 0 Å². The van der Waals surface area contributed by atoms with Gasteiger partial charge in [-0.2, -0.15) is 0 Å². The second-order valence-corrected chi connectivity index (χ2v) is 3.55. The number of unbranched alkanes of at least 4 members (excludes halogenated alkanes) is 2. The average molecular weight is 163 g/mol. The second-order valence-electron chi connectivity index (χ2n) is 2.10. The molecule has 0 fully saturated rings. The van der Waals surface area contributed by atoms with Gasteiger partial charge in [-0.1, -0.05) is 25.8 Å². The number of nitrogens with two attached hydrogens (primary N) is 1. The van der Waals surface area contributed by atoms with E-state index in [-0.39, 0.29) is 0 Å². The largest absolute Gasteiger partial charge is 0.230 e. The fourth-order valence-electron chi connectivity index (χ4n) is 0.524. The zero-order valence-corrected chi connectivity index (χ0v) is 6.89. The summed E-state index contributed by atoms with van der Waals surface area (Å²) >= 11 is 0. The maximum atomic E-state index is 10.3. The summed E-state index contributed by atoms with van der Waals surface area (Å²) in [6.07, 6.45) is 4.44. The number of primary sulfonamides is 1. The first kappa shape index (κ1) is 9.65. The maximum absolute atomic E-state index is 10.3. The molecule has 0 aliphatic carbocycles. The first-order valence-electron chi connectivity index (χ1n) is 3.25. The Balaban J connectivity index is 3.58. The van der Waals surface area contributed by atoms with Crippen LogP contribution < -0.4 is 5.14 Å². The van der Waals surface area contributed by atoms with Gasteiger partial charge >= 0.3 is 0 Å². The van der Waals surface area contributed by atoms with Crippen molar-refractivity contribution < 1.29 is 8.42 Å². The fraction of sp³-hybridized carbons (Fsp3) is 0.667. The van der Waals surface area contributed by atoms with Gasteiger partial charge in [0.25, 0.3) is 0 Å². The Morgan fingerprint density at radius 1 is 1.50 bits per heavy atom. The summed E-state index contributed by atoms with van der Waals surface area (Å²) in [5.74, 6) is 0. The van der Waals surface area contributed by atoms with Gasteiger partial charge in [0.15, 0.2) is 0 Å². The Labute approximate surface area is 62.0 Å². The third-order valence-electron chi connectivity index (χ3n) is 1.01. The van der Waals surface area contributed by atoms with Crippen molar-refractivity contribution in [2.75, 3.05) is 0 Å². The van der Waals surface area contributed by atoms with E-state index in [9.17, 15) is 8.42 Å². The molecular formula is C6H13NO2S. The molecule has 0 aromatic rings. The first-order valence-corrected chi connectivity index (χ1v) is 4.86. The minimum Gasteiger partial charge on any atom is -0.225 e. The molecule has 60 valence electrons. The normalized spacial score (nSPS) is 12.6. The van der Waals surface area contributed by atoms with Crippen molar-refractivity contribution >= 4 is 10.0 Å². The van der Waals surface area contributed by atoms with E-state index in [0.717, 1.165) is 24.7 Å². The van der Waals surface area contributed by atoms with Gasteiger partial charge in [0, 0.05) is 5.41 Å². The quantitative estimate of drug-likeness (QED) is 0.628. The summed E-state index contributed by atoms with van der Waals surface area (Å²) in [6.45, 7) is 2.05. The third kappa shape index (κ3) is 7.65. The molecule has 0 aliphatic rings. The monoisotopic (exact) mass is 163 g/mol. The summed E-state index contributed by atoms with van der Waals surface area (Å²) in [6, 6.07) is 0. The molecule has 0 amide bonds. The smallest absolute Gasteiger partial charge is 0.225 e. The lowest BCUT2D eigenvalue weighted by Gasteiger charge is -1.87. The highest BCUT2D eigenvalue weighted by Gasteiger charge is 1.90. The van der Waals surface area contributed by atoms with Crippen molar-refractivity contribution in [3.05, 3.63) is 11.5 Å². The van der Waals surface area contributed by atoms with Crippen molar-refractivity contribution in [1.82, 2.24) is 0 Å². The molecule has 0 atom stereocenters. The molecule has 0 aromatic heterocycles. The van der Waals surface area contributed by atoms with Crippen LogP contribution in [-0.2, 0) is 10.0 Å². The van der Waals surface area contributed by atoms with Gasteiger partial charge in [-0.3, -0.25) is 0 Å². The molecule has 0 radical (unpaired) electrons. The Bertz CT molecular complexity index is 194. The van der Waals surface area contributed by atoms with Crippen LogP contribution in [0.15, 0.2) is 11.5 Å². The highest BCUT2D eigenvalue weighted by molar-refractivity contribution is 7.92. The van der Waals surface area contributed by atoms with E-state index >= 15 is 0 Å². The molecule has 10 heavy (non-hydrogen) atoms. The molecule has 0 aromatic carbocycles. The molecule has 2 N–H and O–H groups in total. The number of sulfonamides is 1. The summed E-state index contributed by atoms with van der Waals surface area (Å²) in [5, 5.41) is 5.75. The average Bonchev–Trinajstić information content (AvgIpc) is 1.78. The maximum Gasteiger partial charge on any atom is 0.230 e. The molecule has 0 saturated carbocycles. The van der Waals surface area contributed by atoms with E-state index in [1.165, 1.54) is 0 Å². The predicted octanol–water partition coefficient (Wildman–Crippen LogP) is 0.979. The Morgan fingerprint density at radius 2 is 2.10 bits per heavy atom. The van der Waals surface area contributed by atoms with Crippen LogP contribution in [0, 0.1) is 0 Å². The van der Waals surface area contributed by atoms with Crippen molar-refractivity contribution in [3.63, 3.8) is 0 Å². The van der Waals surface area contributed by atoms with Crippen LogP contribution in [0.2, 0.25) is 0 Å². The fourth-order valence-corrected chi connectivity index (χ4v) is 0.928. The van der Waals surface area contributed by atoms with Crippen molar-refractivity contribution in [1.29, 1.82) is 0 Å². The van der Waals surface area contributed by atoms with Crippen LogP contribution in [0.25, 0.3) is 0 Å². The lowest BCUT2D eigenvalue weighted by Crippen LogP contribution is -2.06. The van der Waals surface area contributed by atoms with Gasteiger partial charge in [-0.25, -0.2) is 13.6 Å². The van der Waals surface area contributed by atoms with Gasteiger partial charge in [0.05, 0.1) is 0 Å². The highest BCUT2D eigenvalue weighted by Crippen LogP contribution is 1.95. The lowest BCUT2D eigenvalue weighted by molar-refractivity contribution is 0.606. The number of rotatable bonds is 4. The third-order valence-corrected chi connectivity index (χ3v) is 1.58. The molecule has 0 bridgehead atoms. The minimum absolute atomic E-state index is 0.785. The first-order chi connectivity index (χ1) is 4.56. The van der Waals surface area contributed by atoms with Crippen LogP contribution >= 0.6 is 0 Å². The molecule has 0 rings (SSSR count). The molecule has 3 nitrogen and oxygen atoms in total. The SMILES string of the molecule is CCCC/C=C/S(N)(=O)=O. The molecule has 4 heteroatoms. The van der Waals surface area contributed by atoms with Gasteiger partial charge in [-0.05, 0) is 6.42 Å². The Kier molecular flexibility index (Phi) is 4.31. The topological polar surface area (TPSA) is 60.2 Å². The van der Waals surface area contributed by atoms with Gasteiger partial charge in [0.2, 0.25) is 10.0 Å². The summed E-state index contributed by atoms with van der Waals surface area (Å²) in [5.41, 5.74) is 0. The Hall–Kier alpha value is -0.350. The molecule has 0 heterocycles. The predicted molar refractivity (Wildman–Crippen MR) is 41.8 cm³/mol. The van der Waals surface area contributed by atoms with E-state index in [1.807, 2.05) is 6.92 Å². The Morgan fingerprint density at radius 3 is 2.50 bits per heavy atom. The standard InChI is InChI=1S/C6H13NO2S/c1-2-3-4-5-6-10(7,8)9/h5-6H,2-4H2,1H3,(H2,7,8,9)/b6-5+. The van der Waals surface area contributed by atoms with E-state index in [4.69, 9.17) is 5.14 Å². The highest BCUT2D eigenvalue weighted by atomic mass is 32.2. The molecular weight excluding hydrogens is 150 g/mol. The minimum atomic E-state index is -3.39. The van der Waals surface area contributed by atoms with Crippen molar-refractivity contribution in [2.24, 2.45) is 5.14 Å². The number of hydrogen-bond acceptors (Lipinski definition) is 2. The van der Waals surface area contributed by atoms with Crippen LogP contribution in [-0.4, -0.2) is 8.42 Å². The molecule has 0 unspecified atom stereocenters. The van der Waals surface area contributed by atoms with E-state index in [2.05, 4.69) is 0 Å². The summed E-state index contributed by atoms with van der Waals surface area (Å²) in [4.78, 5) is 0. The van der Waals surface area contributed by atoms with Crippen molar-refractivity contribution in [2.45, 2.75) is 26.2 Å². The molecule has 0 saturated heterocycles. The van der Waals surface area contributed by atoms with Gasteiger partial charge in [-0.15, -0.1) is 0 Å². The zero-order valence-electron chi connectivity index (χ0n) is 6.08. The molecule has 0 spiro atoms. The molecule has 0 aliphatic heterocycles. The summed E-state index contributed by atoms with van der Waals surface area (Å²) < 4.78 is 20.6. The lowest BCUT2D eigenvalue weighted by atomic mass is 10.2. The van der Waals surface area contributed by atoms with E-state index in [1.54, 1.807) is 6.08 Å². The zero-order chi connectivity index (χ0) is 8.04. The number of allylic oxidation sites excluding steroid dienone is 1. The van der Waals surface area contributed by atoms with Crippen molar-refractivity contribution in [3.8, 4) is 0 Å².